The summed E-state index contributed by atoms with van der Waals surface area (Å²) in [5.74, 6) is 0.141. The monoisotopic (exact) mass is 449 g/mol. The lowest BCUT2D eigenvalue weighted by atomic mass is 9.79. The predicted octanol–water partition coefficient (Wildman–Crippen LogP) is 3.59. The van der Waals surface area contributed by atoms with E-state index in [1.165, 1.54) is 24.7 Å². The number of para-hydroxylation sites is 1. The highest BCUT2D eigenvalue weighted by atomic mass is 35.5. The largest absolute Gasteiger partial charge is 0.348 e. The van der Waals surface area contributed by atoms with Gasteiger partial charge in [-0.25, -0.2) is 19.3 Å². The Labute approximate surface area is 187 Å². The maximum atomic E-state index is 13.8. The normalized spacial score (nSPS) is 17.6. The molecule has 4 aromatic rings. The molecule has 32 heavy (non-hydrogen) atoms. The smallest absolute Gasteiger partial charge is 0.273 e. The number of hydrogen-bond acceptors (Lipinski definition) is 6. The van der Waals surface area contributed by atoms with E-state index in [-0.39, 0.29) is 17.7 Å². The zero-order chi connectivity index (χ0) is 22.1. The molecule has 1 aliphatic rings. The molecule has 1 N–H and O–H groups in total. The van der Waals surface area contributed by atoms with Gasteiger partial charge >= 0.3 is 0 Å². The van der Waals surface area contributed by atoms with Gasteiger partial charge in [-0.15, -0.1) is 10.2 Å². The van der Waals surface area contributed by atoms with Gasteiger partial charge in [0, 0.05) is 24.4 Å². The lowest BCUT2D eigenvalue weighted by molar-refractivity contribution is 0.0897. The van der Waals surface area contributed by atoms with Crippen LogP contribution in [-0.2, 0) is 0 Å². The van der Waals surface area contributed by atoms with Crippen molar-refractivity contribution in [3.05, 3.63) is 83.5 Å². The number of halogens is 2. The first-order valence-corrected chi connectivity index (χ1v) is 10.4. The Morgan fingerprint density at radius 2 is 1.91 bits per heavy atom. The quantitative estimate of drug-likeness (QED) is 0.500. The van der Waals surface area contributed by atoms with Crippen LogP contribution in [0, 0.1) is 5.82 Å². The Balaban J connectivity index is 1.41. The Morgan fingerprint density at radius 1 is 1.06 bits per heavy atom. The van der Waals surface area contributed by atoms with Crippen LogP contribution >= 0.6 is 11.6 Å². The molecule has 0 unspecified atom stereocenters. The lowest BCUT2D eigenvalue weighted by Crippen LogP contribution is -2.44. The zero-order valence-corrected chi connectivity index (χ0v) is 17.4. The molecule has 0 aliphatic heterocycles. The van der Waals surface area contributed by atoms with Crippen molar-refractivity contribution in [2.45, 2.75) is 24.8 Å². The summed E-state index contributed by atoms with van der Waals surface area (Å²) in [5.41, 5.74) is 1.15. The first kappa shape index (κ1) is 20.2. The van der Waals surface area contributed by atoms with Crippen LogP contribution in [0.1, 0.15) is 35.1 Å². The second kappa shape index (κ2) is 8.43. The molecular formula is C22H17ClFN7O. The van der Waals surface area contributed by atoms with Crippen LogP contribution in [0.15, 0.2) is 61.2 Å². The second-order valence-electron chi connectivity index (χ2n) is 7.44. The van der Waals surface area contributed by atoms with Crippen molar-refractivity contribution in [2.24, 2.45) is 0 Å². The molecule has 0 spiro atoms. The van der Waals surface area contributed by atoms with E-state index in [0.717, 1.165) is 11.5 Å². The number of pyridine rings is 1. The van der Waals surface area contributed by atoms with Gasteiger partial charge in [0.15, 0.2) is 17.3 Å². The van der Waals surface area contributed by atoms with Crippen molar-refractivity contribution in [3.63, 3.8) is 0 Å². The zero-order valence-electron chi connectivity index (χ0n) is 16.7. The minimum Gasteiger partial charge on any atom is -0.348 e. The molecular weight excluding hydrogens is 433 g/mol. The number of carbonyl (C=O) groups is 1. The average Bonchev–Trinajstić information content (AvgIpc) is 3.21. The van der Waals surface area contributed by atoms with Crippen LogP contribution in [0.5, 0.6) is 0 Å². The first-order valence-electron chi connectivity index (χ1n) is 10.00. The molecule has 160 valence electrons. The molecule has 1 aliphatic carbocycles. The molecule has 3 heterocycles. The van der Waals surface area contributed by atoms with Crippen molar-refractivity contribution >= 4 is 17.5 Å². The molecule has 0 bridgehead atoms. The molecule has 1 fully saturated rings. The SMILES string of the molecule is O=C(N[C@H]1C[C@H](c2nnc(-c3ccncn3)n2-c2ccccc2Cl)C1)c1ncccc1F. The van der Waals surface area contributed by atoms with E-state index in [1.54, 1.807) is 18.3 Å². The Bertz CT molecular complexity index is 1270. The summed E-state index contributed by atoms with van der Waals surface area (Å²) in [7, 11) is 0. The van der Waals surface area contributed by atoms with Gasteiger partial charge < -0.3 is 5.32 Å². The van der Waals surface area contributed by atoms with Gasteiger partial charge in [-0.3, -0.25) is 9.36 Å². The summed E-state index contributed by atoms with van der Waals surface area (Å²) in [6.45, 7) is 0. The van der Waals surface area contributed by atoms with Gasteiger partial charge in [0.25, 0.3) is 5.91 Å². The third-order valence-electron chi connectivity index (χ3n) is 5.40. The highest BCUT2D eigenvalue weighted by Crippen LogP contribution is 2.39. The molecule has 0 atom stereocenters. The fourth-order valence-electron chi connectivity index (χ4n) is 3.77. The van der Waals surface area contributed by atoms with E-state index < -0.39 is 11.7 Å². The highest BCUT2D eigenvalue weighted by molar-refractivity contribution is 6.32. The van der Waals surface area contributed by atoms with Gasteiger partial charge in [0.2, 0.25) is 0 Å². The first-order chi connectivity index (χ1) is 15.6. The molecule has 0 radical (unpaired) electrons. The topological polar surface area (TPSA) is 98.5 Å². The molecule has 10 heteroatoms. The van der Waals surface area contributed by atoms with Gasteiger partial charge in [-0.2, -0.15) is 0 Å². The number of nitrogens with one attached hydrogen (secondary N) is 1. The summed E-state index contributed by atoms with van der Waals surface area (Å²) < 4.78 is 15.7. The van der Waals surface area contributed by atoms with Crippen LogP contribution < -0.4 is 5.32 Å². The number of aromatic nitrogens is 6. The minimum atomic E-state index is -0.645. The summed E-state index contributed by atoms with van der Waals surface area (Å²) in [5, 5.41) is 12.2. The number of nitrogens with zero attached hydrogens (tertiary/aromatic N) is 6. The number of rotatable bonds is 5. The maximum Gasteiger partial charge on any atom is 0.273 e. The highest BCUT2D eigenvalue weighted by Gasteiger charge is 2.37. The van der Waals surface area contributed by atoms with E-state index in [0.29, 0.717) is 29.4 Å². The number of amides is 1. The molecule has 1 aromatic carbocycles. The van der Waals surface area contributed by atoms with Crippen LogP contribution in [0.25, 0.3) is 17.2 Å². The fourth-order valence-corrected chi connectivity index (χ4v) is 3.99. The Morgan fingerprint density at radius 3 is 2.66 bits per heavy atom. The molecule has 0 saturated heterocycles. The maximum absolute atomic E-state index is 13.8. The van der Waals surface area contributed by atoms with E-state index in [9.17, 15) is 9.18 Å². The standard InChI is InChI=1S/C22H17ClFN7O/c23-15-4-1-2-6-18(15)31-20(29-30-21(31)17-7-9-25-12-27-17)13-10-14(11-13)28-22(32)19-16(24)5-3-8-26-19/h1-9,12-14H,10-11H2,(H,28,32)/t13-,14-. The van der Waals surface area contributed by atoms with Crippen LogP contribution in [0.2, 0.25) is 5.02 Å². The van der Waals surface area contributed by atoms with Crippen molar-refractivity contribution in [2.75, 3.05) is 0 Å². The van der Waals surface area contributed by atoms with E-state index in [2.05, 4.69) is 30.5 Å². The molecule has 1 amide bonds. The average molecular weight is 450 g/mol. The van der Waals surface area contributed by atoms with Crippen LogP contribution in [-0.4, -0.2) is 41.7 Å². The third-order valence-corrected chi connectivity index (χ3v) is 5.72. The molecule has 8 nitrogen and oxygen atoms in total. The van der Waals surface area contributed by atoms with Gasteiger partial charge in [-0.1, -0.05) is 23.7 Å². The third kappa shape index (κ3) is 3.71. The minimum absolute atomic E-state index is 0.0354. The van der Waals surface area contributed by atoms with E-state index in [4.69, 9.17) is 11.6 Å². The molecule has 3 aromatic heterocycles. The number of benzene rings is 1. The summed E-state index contributed by atoms with van der Waals surface area (Å²) in [4.78, 5) is 24.4. The van der Waals surface area contributed by atoms with Crippen molar-refractivity contribution in [3.8, 4) is 17.2 Å². The lowest BCUT2D eigenvalue weighted by Gasteiger charge is -2.35. The number of carbonyl (C=O) groups excluding carboxylic acids is 1. The fraction of sp³-hybridized carbons (Fsp3) is 0.182. The molecule has 5 rings (SSSR count). The van der Waals surface area contributed by atoms with E-state index >= 15 is 0 Å². The summed E-state index contributed by atoms with van der Waals surface area (Å²) >= 11 is 6.48. The number of hydrogen-bond donors (Lipinski definition) is 1. The van der Waals surface area contributed by atoms with Crippen molar-refractivity contribution in [1.29, 1.82) is 0 Å². The summed E-state index contributed by atoms with van der Waals surface area (Å²) in [6.07, 6.45) is 5.74. The van der Waals surface area contributed by atoms with Gasteiger partial charge in [-0.05, 0) is 43.2 Å². The summed E-state index contributed by atoms with van der Waals surface area (Å²) in [6, 6.07) is 11.7. The van der Waals surface area contributed by atoms with Gasteiger partial charge in [0.05, 0.1) is 10.7 Å². The van der Waals surface area contributed by atoms with Gasteiger partial charge in [0.1, 0.15) is 17.8 Å². The van der Waals surface area contributed by atoms with Crippen LogP contribution in [0.3, 0.4) is 0 Å². The Hall–Kier alpha value is -3.72. The van der Waals surface area contributed by atoms with Crippen molar-refractivity contribution in [1.82, 2.24) is 35.0 Å². The Kier molecular flexibility index (Phi) is 5.32. The van der Waals surface area contributed by atoms with Crippen LogP contribution in [0.4, 0.5) is 4.39 Å². The van der Waals surface area contributed by atoms with Crippen molar-refractivity contribution < 1.29 is 9.18 Å². The molecule has 1 saturated carbocycles. The predicted molar refractivity (Wildman–Crippen MR) is 115 cm³/mol. The van der Waals surface area contributed by atoms with E-state index in [1.807, 2.05) is 22.8 Å². The second-order valence-corrected chi connectivity index (χ2v) is 7.84.